The molecule has 0 heterocycles. The fourth-order valence-electron chi connectivity index (χ4n) is 1.81. The third-order valence-corrected chi connectivity index (χ3v) is 4.64. The fraction of sp³-hybridized carbons (Fsp3) is 0.143. The van der Waals surface area contributed by atoms with E-state index < -0.39 is 21.8 Å². The summed E-state index contributed by atoms with van der Waals surface area (Å²) in [5.74, 6) is -0.535. The van der Waals surface area contributed by atoms with Crippen LogP contribution in [0.4, 0.5) is 4.39 Å². The number of aliphatic hydroxyl groups is 1. The van der Waals surface area contributed by atoms with Gasteiger partial charge in [0.15, 0.2) is 9.84 Å². The zero-order valence-electron chi connectivity index (χ0n) is 10.5. The molecule has 0 spiro atoms. The van der Waals surface area contributed by atoms with Crippen LogP contribution >= 0.6 is 15.9 Å². The van der Waals surface area contributed by atoms with Crippen molar-refractivity contribution in [3.8, 4) is 0 Å². The molecule has 0 aromatic heterocycles. The Morgan fingerprint density at radius 3 is 2.30 bits per heavy atom. The molecule has 0 fully saturated rings. The highest BCUT2D eigenvalue weighted by Crippen LogP contribution is 2.28. The number of benzene rings is 2. The van der Waals surface area contributed by atoms with Crippen molar-refractivity contribution in [2.75, 3.05) is 6.26 Å². The van der Waals surface area contributed by atoms with Crippen molar-refractivity contribution in [1.29, 1.82) is 0 Å². The Balaban J connectivity index is 2.39. The van der Waals surface area contributed by atoms with Gasteiger partial charge in [0.1, 0.15) is 11.9 Å². The van der Waals surface area contributed by atoms with E-state index in [9.17, 15) is 17.9 Å². The lowest BCUT2D eigenvalue weighted by molar-refractivity contribution is 0.214. The summed E-state index contributed by atoms with van der Waals surface area (Å²) in [5.41, 5.74) is 0.556. The fourth-order valence-corrected chi connectivity index (χ4v) is 2.82. The first-order chi connectivity index (χ1) is 9.30. The average Bonchev–Trinajstić information content (AvgIpc) is 2.40. The van der Waals surface area contributed by atoms with E-state index in [1.807, 2.05) is 0 Å². The number of sulfone groups is 1. The van der Waals surface area contributed by atoms with Gasteiger partial charge in [-0.3, -0.25) is 0 Å². The van der Waals surface area contributed by atoms with E-state index in [1.165, 1.54) is 36.4 Å². The normalized spacial score (nSPS) is 13.2. The Labute approximate surface area is 125 Å². The van der Waals surface area contributed by atoms with Gasteiger partial charge in [0.25, 0.3) is 0 Å². The number of hydrogen-bond acceptors (Lipinski definition) is 3. The van der Waals surface area contributed by atoms with Crippen molar-refractivity contribution in [2.45, 2.75) is 11.0 Å². The smallest absolute Gasteiger partial charge is 0.175 e. The van der Waals surface area contributed by atoms with Crippen LogP contribution in [0.25, 0.3) is 0 Å². The predicted octanol–water partition coefficient (Wildman–Crippen LogP) is 3.07. The lowest BCUT2D eigenvalue weighted by Gasteiger charge is -2.13. The van der Waals surface area contributed by atoms with Crippen LogP contribution in [-0.4, -0.2) is 19.8 Å². The van der Waals surface area contributed by atoms with E-state index >= 15 is 0 Å². The lowest BCUT2D eigenvalue weighted by Crippen LogP contribution is -2.04. The monoisotopic (exact) mass is 358 g/mol. The third-order valence-electron chi connectivity index (χ3n) is 2.90. The van der Waals surface area contributed by atoms with E-state index in [4.69, 9.17) is 0 Å². The Bertz CT molecular complexity index is 727. The van der Waals surface area contributed by atoms with Gasteiger partial charge < -0.3 is 5.11 Å². The van der Waals surface area contributed by atoms with Crippen molar-refractivity contribution in [1.82, 2.24) is 0 Å². The minimum absolute atomic E-state index is 0.131. The van der Waals surface area contributed by atoms with Gasteiger partial charge in [0.05, 0.1) is 9.37 Å². The second-order valence-corrected chi connectivity index (χ2v) is 7.26. The standard InChI is InChI=1S/C14H12BrFO3S/c1-20(18,19)10-7-5-9(6-8-10)14(17)11-3-2-4-12(15)13(11)16/h2-8,14,17H,1H3. The molecular weight excluding hydrogens is 347 g/mol. The van der Waals surface area contributed by atoms with Gasteiger partial charge in [-0.25, -0.2) is 12.8 Å². The highest BCUT2D eigenvalue weighted by Gasteiger charge is 2.17. The molecule has 0 amide bonds. The van der Waals surface area contributed by atoms with Gasteiger partial charge in [-0.05, 0) is 39.7 Å². The molecule has 2 aromatic carbocycles. The maximum Gasteiger partial charge on any atom is 0.175 e. The van der Waals surface area contributed by atoms with Gasteiger partial charge >= 0.3 is 0 Å². The molecule has 0 radical (unpaired) electrons. The Hall–Kier alpha value is -1.24. The van der Waals surface area contributed by atoms with Crippen molar-refractivity contribution in [3.05, 3.63) is 63.9 Å². The number of hydrogen-bond donors (Lipinski definition) is 1. The van der Waals surface area contributed by atoms with E-state index in [1.54, 1.807) is 6.07 Å². The summed E-state index contributed by atoms with van der Waals surface area (Å²) in [6.45, 7) is 0. The summed E-state index contributed by atoms with van der Waals surface area (Å²) in [4.78, 5) is 0.156. The van der Waals surface area contributed by atoms with Gasteiger partial charge in [-0.2, -0.15) is 0 Å². The number of halogens is 2. The van der Waals surface area contributed by atoms with Crippen LogP contribution in [0.1, 0.15) is 17.2 Å². The molecule has 1 unspecified atom stereocenters. The molecule has 20 heavy (non-hydrogen) atoms. The van der Waals surface area contributed by atoms with Gasteiger partial charge in [-0.15, -0.1) is 0 Å². The molecule has 0 saturated carbocycles. The molecule has 0 aliphatic rings. The summed E-state index contributed by atoms with van der Waals surface area (Å²) in [6, 6.07) is 10.4. The molecule has 1 N–H and O–H groups in total. The van der Waals surface area contributed by atoms with Gasteiger partial charge in [-0.1, -0.05) is 24.3 Å². The maximum absolute atomic E-state index is 13.9. The quantitative estimate of drug-likeness (QED) is 0.917. The molecule has 106 valence electrons. The Morgan fingerprint density at radius 1 is 1.15 bits per heavy atom. The second kappa shape index (κ2) is 5.63. The van der Waals surface area contributed by atoms with Gasteiger partial charge in [0, 0.05) is 11.8 Å². The van der Waals surface area contributed by atoms with Crippen LogP contribution in [0.2, 0.25) is 0 Å². The molecule has 0 saturated heterocycles. The van der Waals surface area contributed by atoms with E-state index in [0.717, 1.165) is 6.26 Å². The molecule has 0 aliphatic heterocycles. The minimum Gasteiger partial charge on any atom is -0.384 e. The molecule has 2 rings (SSSR count). The average molecular weight is 359 g/mol. The van der Waals surface area contributed by atoms with Crippen LogP contribution in [0.5, 0.6) is 0 Å². The lowest BCUT2D eigenvalue weighted by atomic mass is 10.0. The maximum atomic E-state index is 13.9. The number of aliphatic hydroxyl groups excluding tert-OH is 1. The van der Waals surface area contributed by atoms with Crippen LogP contribution in [-0.2, 0) is 9.84 Å². The van der Waals surface area contributed by atoms with Crippen LogP contribution < -0.4 is 0 Å². The predicted molar refractivity (Wildman–Crippen MR) is 77.7 cm³/mol. The third kappa shape index (κ3) is 3.08. The molecule has 3 nitrogen and oxygen atoms in total. The molecule has 6 heteroatoms. The first-order valence-electron chi connectivity index (χ1n) is 5.72. The van der Waals surface area contributed by atoms with Crippen molar-refractivity contribution < 1.29 is 17.9 Å². The topological polar surface area (TPSA) is 54.4 Å². The first-order valence-corrected chi connectivity index (χ1v) is 8.41. The van der Waals surface area contributed by atoms with Crippen molar-refractivity contribution in [3.63, 3.8) is 0 Å². The highest BCUT2D eigenvalue weighted by molar-refractivity contribution is 9.10. The first kappa shape index (κ1) is 15.2. The van der Waals surface area contributed by atoms with Crippen LogP contribution in [0.3, 0.4) is 0 Å². The van der Waals surface area contributed by atoms with E-state index in [-0.39, 0.29) is 14.9 Å². The van der Waals surface area contributed by atoms with Crippen LogP contribution in [0.15, 0.2) is 51.8 Å². The van der Waals surface area contributed by atoms with Crippen molar-refractivity contribution >= 4 is 25.8 Å². The van der Waals surface area contributed by atoms with E-state index in [0.29, 0.717) is 5.56 Å². The molecule has 1 atom stereocenters. The summed E-state index contributed by atoms with van der Waals surface area (Å²) in [7, 11) is -3.29. The second-order valence-electron chi connectivity index (χ2n) is 4.39. The zero-order valence-corrected chi connectivity index (χ0v) is 12.9. The molecular formula is C14H12BrFO3S. The molecule has 0 bridgehead atoms. The largest absolute Gasteiger partial charge is 0.384 e. The minimum atomic E-state index is -3.29. The Kier molecular flexibility index (Phi) is 4.27. The molecule has 2 aromatic rings. The SMILES string of the molecule is CS(=O)(=O)c1ccc(C(O)c2cccc(Br)c2F)cc1. The van der Waals surface area contributed by atoms with Crippen LogP contribution in [0, 0.1) is 5.82 Å². The summed E-state index contributed by atoms with van der Waals surface area (Å²) >= 11 is 3.06. The zero-order chi connectivity index (χ0) is 14.9. The van der Waals surface area contributed by atoms with Crippen molar-refractivity contribution in [2.24, 2.45) is 0 Å². The Morgan fingerprint density at radius 2 is 1.75 bits per heavy atom. The molecule has 0 aliphatic carbocycles. The van der Waals surface area contributed by atoms with E-state index in [2.05, 4.69) is 15.9 Å². The summed E-state index contributed by atoms with van der Waals surface area (Å²) in [5, 5.41) is 10.2. The summed E-state index contributed by atoms with van der Waals surface area (Å²) in [6.07, 6.45) is -0.0482. The number of rotatable bonds is 3. The summed E-state index contributed by atoms with van der Waals surface area (Å²) < 4.78 is 36.9. The highest BCUT2D eigenvalue weighted by atomic mass is 79.9. The van der Waals surface area contributed by atoms with Gasteiger partial charge in [0.2, 0.25) is 0 Å².